The molecule has 0 aliphatic rings. The van der Waals surface area contributed by atoms with E-state index in [1.807, 2.05) is 0 Å². The monoisotopic (exact) mass is 344 g/mol. The molecule has 0 saturated carbocycles. The van der Waals surface area contributed by atoms with Gasteiger partial charge in [-0.2, -0.15) is 13.2 Å². The Balaban J connectivity index is 2.43. The van der Waals surface area contributed by atoms with Gasteiger partial charge in [0.05, 0.1) is 5.56 Å². The maximum absolute atomic E-state index is 12.5. The molecule has 0 radical (unpaired) electrons. The van der Waals surface area contributed by atoms with Crippen molar-refractivity contribution in [1.29, 1.82) is 0 Å². The fraction of sp³-hybridized carbons (Fsp3) is 0.200. The molecule has 20 heavy (non-hydrogen) atoms. The van der Waals surface area contributed by atoms with Crippen LogP contribution in [0.5, 0.6) is 0 Å². The van der Waals surface area contributed by atoms with Crippen LogP contribution in [-0.4, -0.2) is 5.11 Å². The van der Waals surface area contributed by atoms with Crippen molar-refractivity contribution in [1.82, 2.24) is 0 Å². The summed E-state index contributed by atoms with van der Waals surface area (Å²) in [6.45, 7) is 1.55. The molecule has 5 heteroatoms. The molecule has 2 aromatic carbocycles. The zero-order valence-corrected chi connectivity index (χ0v) is 12.2. The second-order valence-corrected chi connectivity index (χ2v) is 5.48. The van der Waals surface area contributed by atoms with Gasteiger partial charge >= 0.3 is 6.18 Å². The van der Waals surface area contributed by atoms with E-state index in [1.54, 1.807) is 31.2 Å². The first-order valence-electron chi connectivity index (χ1n) is 5.88. The Morgan fingerprint density at radius 3 is 1.90 bits per heavy atom. The van der Waals surface area contributed by atoms with Gasteiger partial charge in [0.15, 0.2) is 0 Å². The minimum atomic E-state index is -4.38. The smallest absolute Gasteiger partial charge is 0.381 e. The molecule has 0 amide bonds. The standard InChI is InChI=1S/C15H12BrF3O/c1-14(20,12-4-2-3-5-13(12)16)10-6-8-11(9-7-10)15(17,18)19/h2-9,20H,1H3. The third-order valence-electron chi connectivity index (χ3n) is 3.17. The maximum Gasteiger partial charge on any atom is 0.416 e. The molecule has 0 bridgehead atoms. The highest BCUT2D eigenvalue weighted by atomic mass is 79.9. The van der Waals surface area contributed by atoms with Crippen molar-refractivity contribution < 1.29 is 18.3 Å². The van der Waals surface area contributed by atoms with Crippen molar-refractivity contribution in [2.45, 2.75) is 18.7 Å². The van der Waals surface area contributed by atoms with Gasteiger partial charge in [-0.05, 0) is 30.7 Å². The van der Waals surface area contributed by atoms with E-state index in [1.165, 1.54) is 12.1 Å². The van der Waals surface area contributed by atoms with Crippen LogP contribution in [-0.2, 0) is 11.8 Å². The van der Waals surface area contributed by atoms with Crippen LogP contribution < -0.4 is 0 Å². The summed E-state index contributed by atoms with van der Waals surface area (Å²) >= 11 is 3.34. The number of benzene rings is 2. The molecule has 0 spiro atoms. The molecule has 0 aliphatic heterocycles. The van der Waals surface area contributed by atoms with Crippen LogP contribution in [0.15, 0.2) is 53.0 Å². The number of alkyl halides is 3. The summed E-state index contributed by atoms with van der Waals surface area (Å²) in [7, 11) is 0. The van der Waals surface area contributed by atoms with E-state index < -0.39 is 17.3 Å². The molecule has 0 aromatic heterocycles. The topological polar surface area (TPSA) is 20.2 Å². The van der Waals surface area contributed by atoms with Gasteiger partial charge in [-0.1, -0.05) is 46.3 Å². The molecule has 0 aliphatic carbocycles. The Morgan fingerprint density at radius 1 is 0.900 bits per heavy atom. The highest BCUT2D eigenvalue weighted by molar-refractivity contribution is 9.10. The van der Waals surface area contributed by atoms with Crippen molar-refractivity contribution in [2.24, 2.45) is 0 Å². The summed E-state index contributed by atoms with van der Waals surface area (Å²) in [4.78, 5) is 0. The van der Waals surface area contributed by atoms with Crippen LogP contribution in [0.1, 0.15) is 23.6 Å². The highest BCUT2D eigenvalue weighted by Gasteiger charge is 2.32. The van der Waals surface area contributed by atoms with E-state index in [0.717, 1.165) is 12.1 Å². The van der Waals surface area contributed by atoms with Gasteiger partial charge in [0.1, 0.15) is 5.60 Å². The quantitative estimate of drug-likeness (QED) is 0.835. The van der Waals surface area contributed by atoms with E-state index in [-0.39, 0.29) is 0 Å². The number of aliphatic hydroxyl groups is 1. The van der Waals surface area contributed by atoms with E-state index in [0.29, 0.717) is 15.6 Å². The predicted molar refractivity (Wildman–Crippen MR) is 74.3 cm³/mol. The Kier molecular flexibility index (Phi) is 3.93. The fourth-order valence-corrected chi connectivity index (χ4v) is 2.67. The van der Waals surface area contributed by atoms with Crippen molar-refractivity contribution >= 4 is 15.9 Å². The Labute approximate surface area is 123 Å². The lowest BCUT2D eigenvalue weighted by Crippen LogP contribution is -2.23. The fourth-order valence-electron chi connectivity index (χ4n) is 2.00. The van der Waals surface area contributed by atoms with Gasteiger partial charge in [-0.15, -0.1) is 0 Å². The SMILES string of the molecule is CC(O)(c1ccc(C(F)(F)F)cc1)c1ccccc1Br. The number of hydrogen-bond donors (Lipinski definition) is 1. The van der Waals surface area contributed by atoms with Gasteiger partial charge in [0, 0.05) is 10.0 Å². The van der Waals surface area contributed by atoms with Crippen LogP contribution in [0, 0.1) is 0 Å². The second kappa shape index (κ2) is 5.22. The predicted octanol–water partition coefficient (Wildman–Crippen LogP) is 4.72. The van der Waals surface area contributed by atoms with Crippen molar-refractivity contribution in [2.75, 3.05) is 0 Å². The summed E-state index contributed by atoms with van der Waals surface area (Å²) in [6, 6.07) is 11.6. The Bertz CT molecular complexity index is 603. The number of halogens is 4. The molecule has 2 aromatic rings. The lowest BCUT2D eigenvalue weighted by molar-refractivity contribution is -0.137. The van der Waals surface area contributed by atoms with E-state index in [9.17, 15) is 18.3 Å². The first-order chi connectivity index (χ1) is 9.23. The van der Waals surface area contributed by atoms with Gasteiger partial charge in [0.25, 0.3) is 0 Å². The van der Waals surface area contributed by atoms with Crippen LogP contribution in [0.3, 0.4) is 0 Å². The second-order valence-electron chi connectivity index (χ2n) is 4.63. The van der Waals surface area contributed by atoms with Crippen LogP contribution in [0.25, 0.3) is 0 Å². The molecule has 1 N–H and O–H groups in total. The molecular formula is C15H12BrF3O. The van der Waals surface area contributed by atoms with E-state index in [4.69, 9.17) is 0 Å². The third-order valence-corrected chi connectivity index (χ3v) is 3.86. The van der Waals surface area contributed by atoms with Crippen LogP contribution in [0.2, 0.25) is 0 Å². The Hall–Kier alpha value is -1.33. The normalized spacial score (nSPS) is 14.9. The van der Waals surface area contributed by atoms with Gasteiger partial charge in [-0.3, -0.25) is 0 Å². The van der Waals surface area contributed by atoms with E-state index in [2.05, 4.69) is 15.9 Å². The minimum Gasteiger partial charge on any atom is -0.381 e. The van der Waals surface area contributed by atoms with Gasteiger partial charge in [-0.25, -0.2) is 0 Å². The lowest BCUT2D eigenvalue weighted by atomic mass is 9.88. The molecule has 0 saturated heterocycles. The first kappa shape index (κ1) is 15.1. The molecule has 1 unspecified atom stereocenters. The Morgan fingerprint density at radius 2 is 1.40 bits per heavy atom. The van der Waals surface area contributed by atoms with Crippen molar-refractivity contribution in [3.8, 4) is 0 Å². The van der Waals surface area contributed by atoms with Crippen LogP contribution in [0.4, 0.5) is 13.2 Å². The summed E-state index contributed by atoms with van der Waals surface area (Å²) in [6.07, 6.45) is -4.38. The van der Waals surface area contributed by atoms with Crippen molar-refractivity contribution in [3.63, 3.8) is 0 Å². The third kappa shape index (κ3) is 2.88. The summed E-state index contributed by atoms with van der Waals surface area (Å²) in [5.41, 5.74) is -1.11. The number of rotatable bonds is 2. The average molecular weight is 345 g/mol. The summed E-state index contributed by atoms with van der Waals surface area (Å²) < 4.78 is 38.3. The van der Waals surface area contributed by atoms with E-state index >= 15 is 0 Å². The molecule has 1 atom stereocenters. The molecule has 0 heterocycles. The zero-order chi connectivity index (χ0) is 15.0. The number of hydrogen-bond acceptors (Lipinski definition) is 1. The van der Waals surface area contributed by atoms with Crippen molar-refractivity contribution in [3.05, 3.63) is 69.7 Å². The summed E-state index contributed by atoms with van der Waals surface area (Å²) in [5.74, 6) is 0. The highest BCUT2D eigenvalue weighted by Crippen LogP contribution is 2.36. The maximum atomic E-state index is 12.5. The molecule has 106 valence electrons. The zero-order valence-electron chi connectivity index (χ0n) is 10.6. The molecular weight excluding hydrogens is 333 g/mol. The van der Waals surface area contributed by atoms with Gasteiger partial charge < -0.3 is 5.11 Å². The first-order valence-corrected chi connectivity index (χ1v) is 6.67. The molecule has 2 rings (SSSR count). The molecule has 1 nitrogen and oxygen atoms in total. The van der Waals surface area contributed by atoms with Crippen LogP contribution >= 0.6 is 15.9 Å². The van der Waals surface area contributed by atoms with Gasteiger partial charge in [0.2, 0.25) is 0 Å². The largest absolute Gasteiger partial charge is 0.416 e. The molecule has 0 fully saturated rings. The minimum absolute atomic E-state index is 0.400. The lowest BCUT2D eigenvalue weighted by Gasteiger charge is -2.26. The average Bonchev–Trinajstić information content (AvgIpc) is 2.38. The summed E-state index contributed by atoms with van der Waals surface area (Å²) in [5, 5.41) is 10.6.